The van der Waals surface area contributed by atoms with Crippen LogP contribution < -0.4 is 0 Å². The minimum atomic E-state index is -1.28. The summed E-state index contributed by atoms with van der Waals surface area (Å²) in [6.45, 7) is 4.57. The van der Waals surface area contributed by atoms with Crippen LogP contribution in [-0.2, 0) is 4.79 Å². The molecule has 4 aliphatic rings. The zero-order valence-electron chi connectivity index (χ0n) is 14.0. The van der Waals surface area contributed by atoms with Crippen molar-refractivity contribution in [2.24, 2.45) is 28.6 Å². The number of aliphatic hydroxyl groups is 2. The van der Waals surface area contributed by atoms with Crippen LogP contribution in [0.5, 0.6) is 0 Å². The Balaban J connectivity index is 1.73. The highest BCUT2D eigenvalue weighted by Gasteiger charge is 2.66. The van der Waals surface area contributed by atoms with Crippen molar-refractivity contribution < 1.29 is 15.0 Å². The first-order chi connectivity index (χ1) is 10.3. The SMILES string of the molecule is C[C@@]12CCCC1C1CC(=O)[C@@]3(O)C[C@@H](O)CC[C@]3(C)C1CC2. The van der Waals surface area contributed by atoms with Crippen molar-refractivity contribution in [1.82, 2.24) is 0 Å². The van der Waals surface area contributed by atoms with Gasteiger partial charge in [-0.05, 0) is 61.7 Å². The second-order valence-electron chi connectivity index (χ2n) is 9.26. The van der Waals surface area contributed by atoms with Crippen LogP contribution in [0.15, 0.2) is 0 Å². The summed E-state index contributed by atoms with van der Waals surface area (Å²) in [5, 5.41) is 21.2. The van der Waals surface area contributed by atoms with Gasteiger partial charge in [0, 0.05) is 18.3 Å². The zero-order chi connectivity index (χ0) is 15.8. The average Bonchev–Trinajstić information content (AvgIpc) is 2.84. The van der Waals surface area contributed by atoms with E-state index in [1.165, 1.54) is 25.7 Å². The molecule has 4 fully saturated rings. The van der Waals surface area contributed by atoms with Crippen molar-refractivity contribution in [3.63, 3.8) is 0 Å². The van der Waals surface area contributed by atoms with E-state index < -0.39 is 11.7 Å². The quantitative estimate of drug-likeness (QED) is 0.723. The maximum Gasteiger partial charge on any atom is 0.165 e. The van der Waals surface area contributed by atoms with E-state index in [1.54, 1.807) is 0 Å². The number of carbonyl (C=O) groups is 1. The van der Waals surface area contributed by atoms with E-state index in [0.717, 1.165) is 19.3 Å². The third-order valence-corrected chi connectivity index (χ3v) is 8.39. The van der Waals surface area contributed by atoms with Crippen LogP contribution in [0.2, 0.25) is 0 Å². The normalized spacial score (nSPS) is 57.9. The molecule has 4 saturated carbocycles. The van der Waals surface area contributed by atoms with E-state index in [9.17, 15) is 15.0 Å². The van der Waals surface area contributed by atoms with Gasteiger partial charge in [0.1, 0.15) is 5.60 Å². The highest BCUT2D eigenvalue weighted by atomic mass is 16.3. The predicted octanol–water partition coefficient (Wildman–Crippen LogP) is 3.07. The van der Waals surface area contributed by atoms with Crippen molar-refractivity contribution in [2.45, 2.75) is 83.3 Å². The van der Waals surface area contributed by atoms with Crippen molar-refractivity contribution in [3.05, 3.63) is 0 Å². The summed E-state index contributed by atoms with van der Waals surface area (Å²) in [4.78, 5) is 12.9. The number of fused-ring (bicyclic) bond motifs is 5. The van der Waals surface area contributed by atoms with Crippen LogP contribution in [0.4, 0.5) is 0 Å². The molecule has 3 unspecified atom stereocenters. The Morgan fingerprint density at radius 2 is 1.82 bits per heavy atom. The lowest BCUT2D eigenvalue weighted by Gasteiger charge is -2.62. The number of Topliss-reactive ketones (excluding diaryl/α,β-unsaturated/α-hetero) is 1. The molecule has 124 valence electrons. The largest absolute Gasteiger partial charge is 0.393 e. The van der Waals surface area contributed by atoms with Crippen LogP contribution in [0, 0.1) is 28.6 Å². The third-order valence-electron chi connectivity index (χ3n) is 8.39. The van der Waals surface area contributed by atoms with E-state index in [-0.39, 0.29) is 17.6 Å². The second kappa shape index (κ2) is 4.57. The van der Waals surface area contributed by atoms with Crippen LogP contribution in [0.25, 0.3) is 0 Å². The van der Waals surface area contributed by atoms with Crippen molar-refractivity contribution in [1.29, 1.82) is 0 Å². The van der Waals surface area contributed by atoms with Gasteiger partial charge in [0.05, 0.1) is 6.10 Å². The van der Waals surface area contributed by atoms with E-state index in [2.05, 4.69) is 13.8 Å². The van der Waals surface area contributed by atoms with Gasteiger partial charge in [-0.2, -0.15) is 0 Å². The number of rotatable bonds is 0. The summed E-state index contributed by atoms with van der Waals surface area (Å²) < 4.78 is 0. The van der Waals surface area contributed by atoms with Crippen LogP contribution in [0.3, 0.4) is 0 Å². The highest BCUT2D eigenvalue weighted by Crippen LogP contribution is 2.66. The van der Waals surface area contributed by atoms with Gasteiger partial charge in [0.2, 0.25) is 0 Å². The summed E-state index contributed by atoms with van der Waals surface area (Å²) in [5.41, 5.74) is -1.17. The first-order valence-corrected chi connectivity index (χ1v) is 9.24. The average molecular weight is 306 g/mol. The smallest absolute Gasteiger partial charge is 0.165 e. The molecule has 7 atom stereocenters. The van der Waals surface area contributed by atoms with Gasteiger partial charge in [-0.25, -0.2) is 0 Å². The summed E-state index contributed by atoms with van der Waals surface area (Å²) in [7, 11) is 0. The van der Waals surface area contributed by atoms with E-state index in [1.807, 2.05) is 0 Å². The molecule has 0 aromatic rings. The number of carbonyl (C=O) groups excluding carboxylic acids is 1. The lowest BCUT2D eigenvalue weighted by molar-refractivity contribution is -0.211. The monoisotopic (exact) mass is 306 g/mol. The fourth-order valence-corrected chi connectivity index (χ4v) is 7.01. The molecule has 0 bridgehead atoms. The molecule has 4 rings (SSSR count). The molecule has 0 aliphatic heterocycles. The summed E-state index contributed by atoms with van der Waals surface area (Å²) >= 11 is 0. The Bertz CT molecular complexity index is 503. The Morgan fingerprint density at radius 3 is 2.59 bits per heavy atom. The fourth-order valence-electron chi connectivity index (χ4n) is 7.01. The van der Waals surface area contributed by atoms with Crippen molar-refractivity contribution in [3.8, 4) is 0 Å². The lowest BCUT2D eigenvalue weighted by atomic mass is 9.43. The molecule has 0 spiro atoms. The van der Waals surface area contributed by atoms with Crippen LogP contribution in [-0.4, -0.2) is 27.7 Å². The minimum absolute atomic E-state index is 0.0196. The molecule has 2 N–H and O–H groups in total. The van der Waals surface area contributed by atoms with E-state index in [0.29, 0.717) is 29.6 Å². The molecule has 0 aromatic carbocycles. The summed E-state index contributed by atoms with van der Waals surface area (Å²) in [6.07, 6.45) is 8.10. The third kappa shape index (κ3) is 1.73. The first-order valence-electron chi connectivity index (χ1n) is 9.24. The Morgan fingerprint density at radius 1 is 1.05 bits per heavy atom. The first kappa shape index (κ1) is 15.1. The van der Waals surface area contributed by atoms with Gasteiger partial charge in [0.25, 0.3) is 0 Å². The Hall–Kier alpha value is -0.410. The molecule has 3 heteroatoms. The predicted molar refractivity (Wildman–Crippen MR) is 84.2 cm³/mol. The maximum atomic E-state index is 12.9. The van der Waals surface area contributed by atoms with Gasteiger partial charge in [-0.1, -0.05) is 20.3 Å². The van der Waals surface area contributed by atoms with Gasteiger partial charge in [-0.15, -0.1) is 0 Å². The Kier molecular flexibility index (Phi) is 3.14. The second-order valence-corrected chi connectivity index (χ2v) is 9.26. The van der Waals surface area contributed by atoms with Gasteiger partial charge in [-0.3, -0.25) is 4.79 Å². The molecular weight excluding hydrogens is 276 g/mol. The number of ketones is 1. The van der Waals surface area contributed by atoms with Gasteiger partial charge < -0.3 is 10.2 Å². The number of hydrogen-bond acceptors (Lipinski definition) is 3. The van der Waals surface area contributed by atoms with E-state index >= 15 is 0 Å². The van der Waals surface area contributed by atoms with Crippen molar-refractivity contribution >= 4 is 5.78 Å². The summed E-state index contributed by atoms with van der Waals surface area (Å²) in [5.74, 6) is 1.61. The zero-order valence-corrected chi connectivity index (χ0v) is 14.0. The molecule has 0 heterocycles. The standard InChI is InChI=1S/C19H30O3/c1-17-7-3-4-14(17)13-10-16(21)19(22)11-12(20)5-9-18(19,2)15(13)6-8-17/h12-15,20,22H,3-11H2,1-2H3/t12-,13?,14?,15?,17-,18+,19-/m0/s1. The Labute approximate surface area is 133 Å². The molecule has 0 amide bonds. The number of aliphatic hydroxyl groups excluding tert-OH is 1. The van der Waals surface area contributed by atoms with Crippen LogP contribution in [0.1, 0.15) is 71.6 Å². The van der Waals surface area contributed by atoms with Crippen LogP contribution >= 0.6 is 0 Å². The van der Waals surface area contributed by atoms with Crippen molar-refractivity contribution in [2.75, 3.05) is 0 Å². The molecule has 0 aromatic heterocycles. The maximum absolute atomic E-state index is 12.9. The molecule has 3 nitrogen and oxygen atoms in total. The molecule has 22 heavy (non-hydrogen) atoms. The van der Waals surface area contributed by atoms with E-state index in [4.69, 9.17) is 0 Å². The molecule has 0 radical (unpaired) electrons. The fraction of sp³-hybridized carbons (Fsp3) is 0.947. The highest BCUT2D eigenvalue weighted by molar-refractivity contribution is 5.89. The lowest BCUT2D eigenvalue weighted by Crippen LogP contribution is -2.66. The summed E-state index contributed by atoms with van der Waals surface area (Å²) in [6, 6.07) is 0. The van der Waals surface area contributed by atoms with Gasteiger partial charge >= 0.3 is 0 Å². The molecule has 0 saturated heterocycles. The topological polar surface area (TPSA) is 57.5 Å². The minimum Gasteiger partial charge on any atom is -0.393 e. The molecular formula is C19H30O3. The molecule has 4 aliphatic carbocycles. The number of hydrogen-bond donors (Lipinski definition) is 2. The van der Waals surface area contributed by atoms with Gasteiger partial charge in [0.15, 0.2) is 5.78 Å².